The summed E-state index contributed by atoms with van der Waals surface area (Å²) in [6.45, 7) is 2.14. The van der Waals surface area contributed by atoms with Gasteiger partial charge in [-0.2, -0.15) is 0 Å². The van der Waals surface area contributed by atoms with E-state index in [-0.39, 0.29) is 5.82 Å². The van der Waals surface area contributed by atoms with Gasteiger partial charge in [0.25, 0.3) is 0 Å². The van der Waals surface area contributed by atoms with Gasteiger partial charge in [0, 0.05) is 18.8 Å². The molecule has 2 aromatic rings. The number of benzene rings is 2. The number of nitrogens with zero attached hydrogens (tertiary/aromatic N) is 1. The quantitative estimate of drug-likeness (QED) is 0.774. The van der Waals surface area contributed by atoms with E-state index in [0.717, 1.165) is 30.0 Å². The maximum Gasteiger partial charge on any atom is 0.123 e. The molecule has 0 bridgehead atoms. The molecular formula is C19H20FNO. The Hall–Kier alpha value is -2.29. The van der Waals surface area contributed by atoms with E-state index in [9.17, 15) is 4.39 Å². The molecule has 1 fully saturated rings. The Morgan fingerprint density at radius 3 is 2.23 bits per heavy atom. The predicted octanol–water partition coefficient (Wildman–Crippen LogP) is 4.43. The summed E-state index contributed by atoms with van der Waals surface area (Å²) >= 11 is 0. The number of hydrogen-bond donors (Lipinski definition) is 0. The highest BCUT2D eigenvalue weighted by Gasteiger charge is 2.16. The molecule has 0 spiro atoms. The number of ether oxygens (including phenoxy) is 1. The van der Waals surface area contributed by atoms with Crippen LogP contribution in [-0.2, 0) is 0 Å². The Morgan fingerprint density at radius 2 is 1.64 bits per heavy atom. The Morgan fingerprint density at radius 1 is 1.00 bits per heavy atom. The molecule has 114 valence electrons. The molecule has 0 aromatic heterocycles. The van der Waals surface area contributed by atoms with Crippen LogP contribution < -0.4 is 4.74 Å². The zero-order chi connectivity index (χ0) is 15.4. The average Bonchev–Trinajstić information content (AvgIpc) is 3.09. The van der Waals surface area contributed by atoms with Gasteiger partial charge in [-0.3, -0.25) is 0 Å². The number of halogens is 1. The lowest BCUT2D eigenvalue weighted by Crippen LogP contribution is -2.17. The predicted molar refractivity (Wildman–Crippen MR) is 88.1 cm³/mol. The van der Waals surface area contributed by atoms with Crippen LogP contribution in [0.5, 0.6) is 5.75 Å². The van der Waals surface area contributed by atoms with Gasteiger partial charge in [0.2, 0.25) is 0 Å². The fourth-order valence-electron chi connectivity index (χ4n) is 2.79. The summed E-state index contributed by atoms with van der Waals surface area (Å²) in [5.74, 6) is 0.649. The molecule has 0 saturated carbocycles. The van der Waals surface area contributed by atoms with Gasteiger partial charge in [-0.1, -0.05) is 12.1 Å². The number of hydrogen-bond acceptors (Lipinski definition) is 2. The van der Waals surface area contributed by atoms with Gasteiger partial charge in [-0.25, -0.2) is 4.39 Å². The first kappa shape index (κ1) is 14.6. The minimum absolute atomic E-state index is 0.204. The molecule has 1 aliphatic heterocycles. The van der Waals surface area contributed by atoms with Crippen molar-refractivity contribution in [3.05, 3.63) is 65.5 Å². The van der Waals surface area contributed by atoms with E-state index >= 15 is 0 Å². The van der Waals surface area contributed by atoms with Crippen LogP contribution >= 0.6 is 0 Å². The van der Waals surface area contributed by atoms with Crippen molar-refractivity contribution in [3.63, 3.8) is 0 Å². The Labute approximate surface area is 130 Å². The lowest BCUT2D eigenvalue weighted by Gasteiger charge is -2.22. The molecule has 2 nitrogen and oxygen atoms in total. The second kappa shape index (κ2) is 6.65. The van der Waals surface area contributed by atoms with Crippen molar-refractivity contribution in [1.29, 1.82) is 0 Å². The van der Waals surface area contributed by atoms with E-state index in [1.54, 1.807) is 7.11 Å². The van der Waals surface area contributed by atoms with Crippen LogP contribution in [0.3, 0.4) is 0 Å². The van der Waals surface area contributed by atoms with Crippen molar-refractivity contribution in [2.75, 3.05) is 20.2 Å². The van der Waals surface area contributed by atoms with Crippen molar-refractivity contribution in [3.8, 4) is 5.75 Å². The zero-order valence-electron chi connectivity index (χ0n) is 12.8. The Bertz CT molecular complexity index is 640. The lowest BCUT2D eigenvalue weighted by molar-refractivity contribution is 0.414. The molecule has 22 heavy (non-hydrogen) atoms. The maximum absolute atomic E-state index is 13.1. The molecule has 0 atom stereocenters. The van der Waals surface area contributed by atoms with Crippen molar-refractivity contribution in [1.82, 2.24) is 4.90 Å². The summed E-state index contributed by atoms with van der Waals surface area (Å²) < 4.78 is 18.3. The first-order valence-electron chi connectivity index (χ1n) is 7.63. The highest BCUT2D eigenvalue weighted by Crippen LogP contribution is 2.27. The zero-order valence-corrected chi connectivity index (χ0v) is 12.8. The highest BCUT2D eigenvalue weighted by molar-refractivity contribution is 5.80. The smallest absolute Gasteiger partial charge is 0.123 e. The molecule has 0 N–H and O–H groups in total. The van der Waals surface area contributed by atoms with E-state index in [2.05, 4.69) is 23.1 Å². The summed E-state index contributed by atoms with van der Waals surface area (Å²) in [5, 5.41) is 0. The fourth-order valence-corrected chi connectivity index (χ4v) is 2.79. The van der Waals surface area contributed by atoms with Gasteiger partial charge in [0.05, 0.1) is 7.11 Å². The summed E-state index contributed by atoms with van der Waals surface area (Å²) in [6.07, 6.45) is 4.57. The van der Waals surface area contributed by atoms with Crippen LogP contribution in [0.2, 0.25) is 0 Å². The van der Waals surface area contributed by atoms with Gasteiger partial charge < -0.3 is 9.64 Å². The van der Waals surface area contributed by atoms with Crippen molar-refractivity contribution in [2.24, 2.45) is 0 Å². The van der Waals surface area contributed by atoms with Crippen LogP contribution in [0, 0.1) is 5.82 Å². The molecule has 1 saturated heterocycles. The fraction of sp³-hybridized carbons (Fsp3) is 0.263. The maximum atomic E-state index is 13.1. The molecule has 1 aliphatic rings. The second-order valence-electron chi connectivity index (χ2n) is 5.50. The van der Waals surface area contributed by atoms with Crippen molar-refractivity contribution < 1.29 is 9.13 Å². The highest BCUT2D eigenvalue weighted by atomic mass is 19.1. The van der Waals surface area contributed by atoms with Crippen LogP contribution in [0.25, 0.3) is 11.8 Å². The molecule has 0 radical (unpaired) electrons. The van der Waals surface area contributed by atoms with E-state index < -0.39 is 0 Å². The summed E-state index contributed by atoms with van der Waals surface area (Å²) in [5.41, 5.74) is 3.36. The van der Waals surface area contributed by atoms with Crippen LogP contribution in [0.1, 0.15) is 24.0 Å². The van der Waals surface area contributed by atoms with Gasteiger partial charge >= 0.3 is 0 Å². The van der Waals surface area contributed by atoms with Crippen LogP contribution in [-0.4, -0.2) is 25.1 Å². The van der Waals surface area contributed by atoms with Gasteiger partial charge in [-0.05, 0) is 66.4 Å². The van der Waals surface area contributed by atoms with Gasteiger partial charge in [0.1, 0.15) is 11.6 Å². The topological polar surface area (TPSA) is 12.5 Å². The molecule has 0 amide bonds. The van der Waals surface area contributed by atoms with E-state index in [4.69, 9.17) is 4.74 Å². The molecule has 0 unspecified atom stereocenters. The lowest BCUT2D eigenvalue weighted by atomic mass is 10.1. The van der Waals surface area contributed by atoms with E-state index in [0.29, 0.717) is 0 Å². The summed E-state index contributed by atoms with van der Waals surface area (Å²) in [7, 11) is 1.67. The van der Waals surface area contributed by atoms with Gasteiger partial charge in [-0.15, -0.1) is 0 Å². The van der Waals surface area contributed by atoms with E-state index in [1.807, 2.05) is 24.3 Å². The first-order chi connectivity index (χ1) is 10.8. The third-order valence-corrected chi connectivity index (χ3v) is 4.01. The first-order valence-corrected chi connectivity index (χ1v) is 7.63. The average molecular weight is 297 g/mol. The summed E-state index contributed by atoms with van der Waals surface area (Å²) in [4.78, 5) is 2.39. The molecule has 2 aromatic carbocycles. The molecule has 3 rings (SSSR count). The molecule has 3 heteroatoms. The second-order valence-corrected chi connectivity index (χ2v) is 5.50. The number of likely N-dealkylation sites (tertiary alicyclic amines) is 1. The minimum atomic E-state index is -0.204. The van der Waals surface area contributed by atoms with Gasteiger partial charge in [0.15, 0.2) is 0 Å². The normalized spacial score (nSPS) is 15.2. The van der Waals surface area contributed by atoms with Crippen LogP contribution in [0.15, 0.2) is 48.5 Å². The molecule has 1 heterocycles. The number of methoxy groups -OCH3 is 1. The number of rotatable bonds is 4. The molecule has 0 aliphatic carbocycles. The van der Waals surface area contributed by atoms with Crippen molar-refractivity contribution >= 4 is 11.8 Å². The van der Waals surface area contributed by atoms with Crippen LogP contribution in [0.4, 0.5) is 4.39 Å². The molecular weight excluding hydrogens is 277 g/mol. The minimum Gasteiger partial charge on any atom is -0.497 e. The standard InChI is InChI=1S/C19H20FNO/c1-22-18-10-6-16(7-11-18)19(21-12-2-3-13-21)14-15-4-8-17(20)9-5-15/h4-11,14H,2-3,12-13H2,1H3/b19-14+. The SMILES string of the molecule is COc1ccc(/C(=C\c2ccc(F)cc2)N2CCCC2)cc1. The largest absolute Gasteiger partial charge is 0.497 e. The monoisotopic (exact) mass is 297 g/mol. The Balaban J connectivity index is 1.96. The van der Waals surface area contributed by atoms with Crippen molar-refractivity contribution in [2.45, 2.75) is 12.8 Å². The third kappa shape index (κ3) is 3.30. The summed E-state index contributed by atoms with van der Waals surface area (Å²) in [6, 6.07) is 14.7. The Kier molecular flexibility index (Phi) is 4.42. The third-order valence-electron chi connectivity index (χ3n) is 4.01. The van der Waals surface area contributed by atoms with E-state index in [1.165, 1.54) is 30.7 Å².